The molecule has 0 spiro atoms. The van der Waals surface area contributed by atoms with Gasteiger partial charge >= 0.3 is 6.18 Å². The Kier molecular flexibility index (Phi) is 2.82. The Bertz CT molecular complexity index is 530. The highest BCUT2D eigenvalue weighted by molar-refractivity contribution is 5.75. The van der Waals surface area contributed by atoms with Crippen molar-refractivity contribution in [2.24, 2.45) is 12.8 Å². The largest absolute Gasteiger partial charge is 0.404 e. The van der Waals surface area contributed by atoms with E-state index < -0.39 is 12.2 Å². The highest BCUT2D eigenvalue weighted by Gasteiger charge is 2.37. The van der Waals surface area contributed by atoms with Gasteiger partial charge in [0.1, 0.15) is 11.9 Å². The standard InChI is InChI=1S/C11H12F3N3/c1-17-8-5-3-2-4-7(8)16-10(17)6-9(15)11(12,13)14/h2-5,9H,6,15H2,1H3. The molecule has 1 aromatic carbocycles. The Morgan fingerprint density at radius 3 is 2.59 bits per heavy atom. The van der Waals surface area contributed by atoms with Crippen molar-refractivity contribution in [1.29, 1.82) is 0 Å². The molecular formula is C11H12F3N3. The lowest BCUT2D eigenvalue weighted by molar-refractivity contribution is -0.147. The van der Waals surface area contributed by atoms with E-state index in [0.717, 1.165) is 5.52 Å². The number of halogens is 3. The van der Waals surface area contributed by atoms with E-state index >= 15 is 0 Å². The van der Waals surface area contributed by atoms with Crippen LogP contribution >= 0.6 is 0 Å². The summed E-state index contributed by atoms with van der Waals surface area (Å²) in [5, 5.41) is 0. The third-order valence-electron chi connectivity index (χ3n) is 2.70. The molecular weight excluding hydrogens is 231 g/mol. The topological polar surface area (TPSA) is 43.8 Å². The Hall–Kier alpha value is -1.56. The maximum Gasteiger partial charge on any atom is 0.404 e. The number of alkyl halides is 3. The molecule has 0 radical (unpaired) electrons. The van der Waals surface area contributed by atoms with Gasteiger partial charge in [-0.2, -0.15) is 13.2 Å². The molecule has 1 unspecified atom stereocenters. The van der Waals surface area contributed by atoms with Crippen LogP contribution in [0.2, 0.25) is 0 Å². The first-order chi connectivity index (χ1) is 7.89. The first kappa shape index (κ1) is 11.9. The van der Waals surface area contributed by atoms with Crippen molar-refractivity contribution in [3.63, 3.8) is 0 Å². The predicted octanol–water partition coefficient (Wildman–Crippen LogP) is 2.01. The van der Waals surface area contributed by atoms with Crippen molar-refractivity contribution < 1.29 is 13.2 Å². The van der Waals surface area contributed by atoms with E-state index in [9.17, 15) is 13.2 Å². The molecule has 0 bridgehead atoms. The summed E-state index contributed by atoms with van der Waals surface area (Å²) >= 11 is 0. The van der Waals surface area contributed by atoms with Crippen molar-refractivity contribution in [1.82, 2.24) is 9.55 Å². The summed E-state index contributed by atoms with van der Waals surface area (Å²) in [6.45, 7) is 0. The number of rotatable bonds is 2. The fraction of sp³-hybridized carbons (Fsp3) is 0.364. The van der Waals surface area contributed by atoms with Gasteiger partial charge in [0.15, 0.2) is 0 Å². The zero-order valence-corrected chi connectivity index (χ0v) is 9.20. The van der Waals surface area contributed by atoms with Gasteiger partial charge in [0, 0.05) is 13.5 Å². The number of para-hydroxylation sites is 2. The molecule has 0 aliphatic carbocycles. The lowest BCUT2D eigenvalue weighted by atomic mass is 10.2. The second kappa shape index (κ2) is 4.03. The third kappa shape index (κ3) is 2.26. The minimum Gasteiger partial charge on any atom is -0.331 e. The van der Waals surface area contributed by atoms with Gasteiger partial charge in [-0.1, -0.05) is 12.1 Å². The number of aromatic nitrogens is 2. The SMILES string of the molecule is Cn1c(CC(N)C(F)(F)F)nc2ccccc21. The number of nitrogens with two attached hydrogens (primary N) is 1. The van der Waals surface area contributed by atoms with Crippen molar-refractivity contribution in [2.45, 2.75) is 18.6 Å². The summed E-state index contributed by atoms with van der Waals surface area (Å²) in [5.41, 5.74) is 6.58. The smallest absolute Gasteiger partial charge is 0.331 e. The zero-order chi connectivity index (χ0) is 12.6. The van der Waals surface area contributed by atoms with Gasteiger partial charge in [0.05, 0.1) is 11.0 Å². The van der Waals surface area contributed by atoms with E-state index in [2.05, 4.69) is 4.98 Å². The first-order valence-corrected chi connectivity index (χ1v) is 5.12. The van der Waals surface area contributed by atoms with Crippen LogP contribution in [0.25, 0.3) is 11.0 Å². The van der Waals surface area contributed by atoms with Gasteiger partial charge in [-0.3, -0.25) is 0 Å². The van der Waals surface area contributed by atoms with Crippen LogP contribution in [-0.2, 0) is 13.5 Å². The van der Waals surface area contributed by atoms with Crippen LogP contribution in [0.3, 0.4) is 0 Å². The molecule has 0 saturated heterocycles. The van der Waals surface area contributed by atoms with E-state index in [1.807, 2.05) is 12.1 Å². The summed E-state index contributed by atoms with van der Waals surface area (Å²) in [6.07, 6.45) is -4.70. The van der Waals surface area contributed by atoms with E-state index in [1.165, 1.54) is 0 Å². The van der Waals surface area contributed by atoms with Crippen molar-refractivity contribution in [3.05, 3.63) is 30.1 Å². The van der Waals surface area contributed by atoms with Crippen LogP contribution in [0, 0.1) is 0 Å². The quantitative estimate of drug-likeness (QED) is 0.876. The van der Waals surface area contributed by atoms with E-state index in [1.54, 1.807) is 23.7 Å². The molecule has 0 amide bonds. The molecule has 2 aromatic rings. The fourth-order valence-electron chi connectivity index (χ4n) is 1.69. The second-order valence-electron chi connectivity index (χ2n) is 3.93. The molecule has 6 heteroatoms. The summed E-state index contributed by atoms with van der Waals surface area (Å²) in [4.78, 5) is 4.15. The number of hydrogen-bond donors (Lipinski definition) is 1. The molecule has 0 fully saturated rings. The van der Waals surface area contributed by atoms with Gasteiger partial charge < -0.3 is 10.3 Å². The van der Waals surface area contributed by atoms with Crippen LogP contribution in [0.1, 0.15) is 5.82 Å². The number of benzene rings is 1. The number of hydrogen-bond acceptors (Lipinski definition) is 2. The molecule has 1 atom stereocenters. The summed E-state index contributed by atoms with van der Waals surface area (Å²) < 4.78 is 38.7. The Labute approximate surface area is 96.0 Å². The average Bonchev–Trinajstić information content (AvgIpc) is 2.55. The maximum absolute atomic E-state index is 12.4. The van der Waals surface area contributed by atoms with E-state index in [-0.39, 0.29) is 6.42 Å². The van der Waals surface area contributed by atoms with Crippen LogP contribution in [0.4, 0.5) is 13.2 Å². The monoisotopic (exact) mass is 243 g/mol. The van der Waals surface area contributed by atoms with E-state index in [0.29, 0.717) is 11.3 Å². The molecule has 1 aromatic heterocycles. The molecule has 1 heterocycles. The Morgan fingerprint density at radius 2 is 2.00 bits per heavy atom. The number of aryl methyl sites for hydroxylation is 1. The van der Waals surface area contributed by atoms with Crippen LogP contribution in [-0.4, -0.2) is 21.8 Å². The normalized spacial score (nSPS) is 14.2. The molecule has 0 aliphatic rings. The number of fused-ring (bicyclic) bond motifs is 1. The van der Waals surface area contributed by atoms with Crippen LogP contribution in [0.5, 0.6) is 0 Å². The number of imidazole rings is 1. The van der Waals surface area contributed by atoms with Crippen molar-refractivity contribution in [2.75, 3.05) is 0 Å². The molecule has 2 rings (SSSR count). The average molecular weight is 243 g/mol. The minimum absolute atomic E-state index is 0.311. The van der Waals surface area contributed by atoms with Gasteiger partial charge in [0.2, 0.25) is 0 Å². The van der Waals surface area contributed by atoms with Crippen LogP contribution in [0.15, 0.2) is 24.3 Å². The highest BCUT2D eigenvalue weighted by atomic mass is 19.4. The second-order valence-corrected chi connectivity index (χ2v) is 3.93. The highest BCUT2D eigenvalue weighted by Crippen LogP contribution is 2.22. The van der Waals surface area contributed by atoms with Gasteiger partial charge in [-0.25, -0.2) is 4.98 Å². The summed E-state index contributed by atoms with van der Waals surface area (Å²) in [7, 11) is 1.69. The maximum atomic E-state index is 12.4. The third-order valence-corrected chi connectivity index (χ3v) is 2.70. The Morgan fingerprint density at radius 1 is 1.35 bits per heavy atom. The number of nitrogens with zero attached hydrogens (tertiary/aromatic N) is 2. The first-order valence-electron chi connectivity index (χ1n) is 5.12. The summed E-state index contributed by atoms with van der Waals surface area (Å²) in [5.74, 6) is 0.344. The van der Waals surface area contributed by atoms with Gasteiger partial charge in [-0.05, 0) is 12.1 Å². The van der Waals surface area contributed by atoms with Gasteiger partial charge in [0.25, 0.3) is 0 Å². The molecule has 92 valence electrons. The lowest BCUT2D eigenvalue weighted by Gasteiger charge is -2.14. The minimum atomic E-state index is -4.39. The summed E-state index contributed by atoms with van der Waals surface area (Å²) in [6, 6.07) is 5.31. The Balaban J connectivity index is 2.34. The van der Waals surface area contributed by atoms with E-state index in [4.69, 9.17) is 5.73 Å². The molecule has 2 N–H and O–H groups in total. The molecule has 0 aliphatic heterocycles. The lowest BCUT2D eigenvalue weighted by Crippen LogP contribution is -2.39. The van der Waals surface area contributed by atoms with Crippen molar-refractivity contribution in [3.8, 4) is 0 Å². The molecule has 0 saturated carbocycles. The zero-order valence-electron chi connectivity index (χ0n) is 9.20. The molecule has 17 heavy (non-hydrogen) atoms. The predicted molar refractivity (Wildman–Crippen MR) is 58.4 cm³/mol. The molecule has 3 nitrogen and oxygen atoms in total. The fourth-order valence-corrected chi connectivity index (χ4v) is 1.69. The van der Waals surface area contributed by atoms with Crippen molar-refractivity contribution >= 4 is 11.0 Å². The van der Waals surface area contributed by atoms with Crippen LogP contribution < -0.4 is 5.73 Å². The van der Waals surface area contributed by atoms with Gasteiger partial charge in [-0.15, -0.1) is 0 Å².